The van der Waals surface area contributed by atoms with E-state index in [1.54, 1.807) is 0 Å². The predicted molar refractivity (Wildman–Crippen MR) is 69.0 cm³/mol. The molecule has 0 radical (unpaired) electrons. The minimum Gasteiger partial charge on any atom is -0.334 e. The molecular formula is C15H12N2O. The average Bonchev–Trinajstić information content (AvgIpc) is 2.89. The Hall–Kier alpha value is -2.42. The van der Waals surface area contributed by atoms with E-state index in [-0.39, 0.29) is 0 Å². The van der Waals surface area contributed by atoms with Crippen LogP contribution in [0.4, 0.5) is 0 Å². The van der Waals surface area contributed by atoms with Crippen molar-refractivity contribution in [2.75, 3.05) is 0 Å². The summed E-state index contributed by atoms with van der Waals surface area (Å²) in [5, 5.41) is 4.00. The highest BCUT2D eigenvalue weighted by molar-refractivity contribution is 5.52. The zero-order valence-corrected chi connectivity index (χ0v) is 9.78. The normalized spacial score (nSPS) is 10.4. The van der Waals surface area contributed by atoms with E-state index in [2.05, 4.69) is 22.3 Å². The molecule has 0 N–H and O–H groups in total. The number of hydrogen-bond donors (Lipinski definition) is 0. The van der Waals surface area contributed by atoms with Crippen molar-refractivity contribution in [3.8, 4) is 11.5 Å². The lowest BCUT2D eigenvalue weighted by Crippen LogP contribution is -1.90. The maximum absolute atomic E-state index is 5.26. The molecule has 0 aliphatic rings. The van der Waals surface area contributed by atoms with Crippen molar-refractivity contribution in [3.63, 3.8) is 0 Å². The maximum atomic E-state index is 5.26. The molecule has 0 fully saturated rings. The molecule has 0 spiro atoms. The summed E-state index contributed by atoms with van der Waals surface area (Å²) in [6.45, 7) is 0. The standard InChI is InChI=1S/C15H12N2O/c1-3-7-12(8-4-1)11-14-16-15(18-17-14)13-9-5-2-6-10-13/h1-10H,11H2. The van der Waals surface area contributed by atoms with Gasteiger partial charge < -0.3 is 4.52 Å². The highest BCUT2D eigenvalue weighted by Gasteiger charge is 2.08. The number of benzene rings is 2. The summed E-state index contributed by atoms with van der Waals surface area (Å²) >= 11 is 0. The van der Waals surface area contributed by atoms with E-state index < -0.39 is 0 Å². The highest BCUT2D eigenvalue weighted by Crippen LogP contribution is 2.17. The Bertz CT molecular complexity index is 617. The van der Waals surface area contributed by atoms with Crippen molar-refractivity contribution in [1.29, 1.82) is 0 Å². The summed E-state index contributed by atoms with van der Waals surface area (Å²) in [5.41, 5.74) is 2.13. The third kappa shape index (κ3) is 2.30. The van der Waals surface area contributed by atoms with Gasteiger partial charge in [0, 0.05) is 12.0 Å². The van der Waals surface area contributed by atoms with Gasteiger partial charge in [-0.1, -0.05) is 53.7 Å². The molecule has 0 aliphatic heterocycles. The fourth-order valence-corrected chi connectivity index (χ4v) is 1.80. The molecule has 0 atom stereocenters. The second-order valence-electron chi connectivity index (χ2n) is 4.04. The number of hydrogen-bond acceptors (Lipinski definition) is 3. The first-order valence-corrected chi connectivity index (χ1v) is 5.84. The van der Waals surface area contributed by atoms with Crippen molar-refractivity contribution in [1.82, 2.24) is 10.1 Å². The molecule has 3 rings (SSSR count). The van der Waals surface area contributed by atoms with Gasteiger partial charge in [0.25, 0.3) is 5.89 Å². The molecule has 18 heavy (non-hydrogen) atoms. The van der Waals surface area contributed by atoms with Crippen LogP contribution in [0.5, 0.6) is 0 Å². The van der Waals surface area contributed by atoms with Crippen LogP contribution in [0.2, 0.25) is 0 Å². The van der Waals surface area contributed by atoms with Crippen LogP contribution in [-0.2, 0) is 6.42 Å². The molecular weight excluding hydrogens is 224 g/mol. The molecule has 2 aromatic carbocycles. The first-order chi connectivity index (χ1) is 8.92. The summed E-state index contributed by atoms with van der Waals surface area (Å²) in [7, 11) is 0. The fourth-order valence-electron chi connectivity index (χ4n) is 1.80. The van der Waals surface area contributed by atoms with E-state index in [9.17, 15) is 0 Å². The van der Waals surface area contributed by atoms with E-state index in [0.29, 0.717) is 18.1 Å². The minimum absolute atomic E-state index is 0.571. The van der Waals surface area contributed by atoms with Crippen molar-refractivity contribution < 1.29 is 4.52 Å². The van der Waals surface area contributed by atoms with Crippen LogP contribution in [-0.4, -0.2) is 10.1 Å². The Balaban J connectivity index is 1.82. The monoisotopic (exact) mass is 236 g/mol. The van der Waals surface area contributed by atoms with E-state index in [0.717, 1.165) is 5.56 Å². The first kappa shape index (κ1) is 10.7. The number of nitrogens with zero attached hydrogens (tertiary/aromatic N) is 2. The largest absolute Gasteiger partial charge is 0.334 e. The third-order valence-corrected chi connectivity index (χ3v) is 2.69. The Morgan fingerprint density at radius 3 is 2.22 bits per heavy atom. The average molecular weight is 236 g/mol. The molecule has 0 aliphatic carbocycles. The summed E-state index contributed by atoms with van der Waals surface area (Å²) in [5.74, 6) is 1.28. The Labute approximate surface area is 105 Å². The van der Waals surface area contributed by atoms with Gasteiger partial charge in [-0.05, 0) is 17.7 Å². The van der Waals surface area contributed by atoms with Gasteiger partial charge in [0.2, 0.25) is 0 Å². The molecule has 0 saturated carbocycles. The molecule has 3 nitrogen and oxygen atoms in total. The molecule has 3 aromatic rings. The second-order valence-corrected chi connectivity index (χ2v) is 4.04. The molecule has 0 bridgehead atoms. The lowest BCUT2D eigenvalue weighted by molar-refractivity contribution is 0.424. The van der Waals surface area contributed by atoms with Gasteiger partial charge in [0.1, 0.15) is 0 Å². The smallest absolute Gasteiger partial charge is 0.257 e. The zero-order valence-electron chi connectivity index (χ0n) is 9.78. The Kier molecular flexibility index (Phi) is 2.88. The predicted octanol–water partition coefficient (Wildman–Crippen LogP) is 3.33. The molecule has 0 amide bonds. The van der Waals surface area contributed by atoms with E-state index in [4.69, 9.17) is 4.52 Å². The van der Waals surface area contributed by atoms with Crippen LogP contribution >= 0.6 is 0 Å². The third-order valence-electron chi connectivity index (χ3n) is 2.69. The van der Waals surface area contributed by atoms with Crippen LogP contribution in [0.15, 0.2) is 65.2 Å². The number of aromatic nitrogens is 2. The molecule has 1 aromatic heterocycles. The topological polar surface area (TPSA) is 38.9 Å². The summed E-state index contributed by atoms with van der Waals surface area (Å²) in [4.78, 5) is 4.40. The molecule has 3 heteroatoms. The summed E-state index contributed by atoms with van der Waals surface area (Å²) < 4.78 is 5.26. The van der Waals surface area contributed by atoms with Crippen LogP contribution in [0.3, 0.4) is 0 Å². The van der Waals surface area contributed by atoms with Crippen molar-refractivity contribution >= 4 is 0 Å². The molecule has 0 saturated heterocycles. The molecule has 88 valence electrons. The van der Waals surface area contributed by atoms with Crippen LogP contribution in [0.25, 0.3) is 11.5 Å². The summed E-state index contributed by atoms with van der Waals surface area (Å²) in [6, 6.07) is 19.9. The molecule has 1 heterocycles. The fraction of sp³-hybridized carbons (Fsp3) is 0.0667. The number of rotatable bonds is 3. The van der Waals surface area contributed by atoms with Crippen molar-refractivity contribution in [3.05, 3.63) is 72.1 Å². The lowest BCUT2D eigenvalue weighted by Gasteiger charge is -1.94. The van der Waals surface area contributed by atoms with Crippen LogP contribution in [0, 0.1) is 0 Å². The maximum Gasteiger partial charge on any atom is 0.257 e. The van der Waals surface area contributed by atoms with Gasteiger partial charge in [-0.15, -0.1) is 0 Å². The van der Waals surface area contributed by atoms with E-state index in [1.807, 2.05) is 48.5 Å². The van der Waals surface area contributed by atoms with E-state index in [1.165, 1.54) is 5.56 Å². The van der Waals surface area contributed by atoms with Gasteiger partial charge in [-0.25, -0.2) is 0 Å². The van der Waals surface area contributed by atoms with Crippen molar-refractivity contribution in [2.24, 2.45) is 0 Å². The molecule has 0 unspecified atom stereocenters. The second kappa shape index (κ2) is 4.84. The van der Waals surface area contributed by atoms with Crippen molar-refractivity contribution in [2.45, 2.75) is 6.42 Å². The quantitative estimate of drug-likeness (QED) is 0.700. The van der Waals surface area contributed by atoms with E-state index >= 15 is 0 Å². The Morgan fingerprint density at radius 1 is 0.833 bits per heavy atom. The van der Waals surface area contributed by atoms with Crippen LogP contribution < -0.4 is 0 Å². The van der Waals surface area contributed by atoms with Gasteiger partial charge >= 0.3 is 0 Å². The zero-order chi connectivity index (χ0) is 12.2. The first-order valence-electron chi connectivity index (χ1n) is 5.84. The van der Waals surface area contributed by atoms with Gasteiger partial charge in [0.15, 0.2) is 5.82 Å². The SMILES string of the molecule is c1ccc(Cc2noc(-c3ccccc3)n2)cc1. The van der Waals surface area contributed by atoms with Crippen LogP contribution in [0.1, 0.15) is 11.4 Å². The van der Waals surface area contributed by atoms with Gasteiger partial charge in [-0.2, -0.15) is 4.98 Å². The highest BCUT2D eigenvalue weighted by atomic mass is 16.5. The van der Waals surface area contributed by atoms with Gasteiger partial charge in [0.05, 0.1) is 0 Å². The summed E-state index contributed by atoms with van der Waals surface area (Å²) in [6.07, 6.45) is 0.692. The lowest BCUT2D eigenvalue weighted by atomic mass is 10.1. The van der Waals surface area contributed by atoms with Gasteiger partial charge in [-0.3, -0.25) is 0 Å². The Morgan fingerprint density at radius 2 is 1.50 bits per heavy atom. The minimum atomic E-state index is 0.571.